The molecular formula is Cl2CuS2. The van der Waals surface area contributed by atoms with Crippen LogP contribution in [0, 0.1) is 0 Å². The summed E-state index contributed by atoms with van der Waals surface area (Å²) >= 11 is 7.11. The van der Waals surface area contributed by atoms with E-state index in [9.17, 15) is 0 Å². The van der Waals surface area contributed by atoms with Gasteiger partial charge in [0.05, 0.1) is 0 Å². The molecule has 0 saturated heterocycles. The zero-order valence-corrected chi connectivity index (χ0v) is 5.96. The van der Waals surface area contributed by atoms with Crippen LogP contribution in [-0.4, -0.2) is 0 Å². The molecule has 0 atom stereocenters. The Kier molecular flexibility index (Phi) is 131. The molecule has 37 valence electrons. The van der Waals surface area contributed by atoms with Crippen LogP contribution < -0.4 is 0 Å². The summed E-state index contributed by atoms with van der Waals surface area (Å²) in [5, 5.41) is 0. The molecule has 0 aromatic heterocycles. The van der Waals surface area contributed by atoms with E-state index in [4.69, 9.17) is 0 Å². The molecule has 0 aliphatic heterocycles. The van der Waals surface area contributed by atoms with E-state index in [0.29, 0.717) is 0 Å². The van der Waals surface area contributed by atoms with Crippen molar-refractivity contribution in [1.29, 1.82) is 0 Å². The van der Waals surface area contributed by atoms with Gasteiger partial charge in [0.25, 0.3) is 0 Å². The Morgan fingerprint density at radius 3 is 0.800 bits per heavy atom. The van der Waals surface area contributed by atoms with Gasteiger partial charge in [0.1, 0.15) is 0 Å². The second kappa shape index (κ2) is 41.3. The molecule has 0 rings (SSSR count). The smallest absolute Gasteiger partial charge is 0.680 e. The zero-order valence-electron chi connectivity index (χ0n) is 1.87. The maximum Gasteiger partial charge on any atom is 2.00 e. The third-order valence-corrected chi connectivity index (χ3v) is 0. The summed E-state index contributed by atoms with van der Waals surface area (Å²) in [4.78, 5) is 0. The molecule has 0 N–H and O–H groups in total. The van der Waals surface area contributed by atoms with Crippen LogP contribution in [0.25, 0.3) is 0 Å². The van der Waals surface area contributed by atoms with Crippen LogP contribution in [0.5, 0.6) is 0 Å². The average Bonchev–Trinajstić information content (AvgIpc) is 1.50. The summed E-state index contributed by atoms with van der Waals surface area (Å²) in [6, 6.07) is 0. The Morgan fingerprint density at radius 2 is 0.800 bits per heavy atom. The van der Waals surface area contributed by atoms with E-state index in [0.717, 1.165) is 0 Å². The second-order valence-electron chi connectivity index (χ2n) is 0. The van der Waals surface area contributed by atoms with Crippen molar-refractivity contribution in [3.05, 3.63) is 0 Å². The van der Waals surface area contributed by atoms with Gasteiger partial charge >= 0.3 is 17.1 Å². The molecule has 0 heterocycles. The third-order valence-electron chi connectivity index (χ3n) is 0. The summed E-state index contributed by atoms with van der Waals surface area (Å²) in [6.45, 7) is 0. The van der Waals surface area contributed by atoms with Crippen molar-refractivity contribution in [2.45, 2.75) is 0 Å². The molecule has 0 aliphatic carbocycles. The quantitative estimate of drug-likeness (QED) is 0.426. The van der Waals surface area contributed by atoms with Gasteiger partial charge in [0.2, 0.25) is 0 Å². The van der Waals surface area contributed by atoms with Gasteiger partial charge in [-0.3, -0.25) is 0 Å². The molecule has 0 nitrogen and oxygen atoms in total. The van der Waals surface area contributed by atoms with Crippen molar-refractivity contribution in [2.75, 3.05) is 0 Å². The maximum absolute atomic E-state index is 4.22. The standard InChI is InChI=1S/2ClS.Cu/c2*1-2;/q2*-1;+2. The number of hydrogen-bond acceptors (Lipinski definition) is 2. The summed E-state index contributed by atoms with van der Waals surface area (Å²) in [5.74, 6) is 0. The van der Waals surface area contributed by atoms with Gasteiger partial charge < -0.3 is 45.0 Å². The molecule has 0 aromatic rings. The summed E-state index contributed by atoms with van der Waals surface area (Å²) in [7, 11) is 8.44. The second-order valence-corrected chi connectivity index (χ2v) is 0. The van der Waals surface area contributed by atoms with Crippen LogP contribution in [0.3, 0.4) is 0 Å². The van der Waals surface area contributed by atoms with Crippen LogP contribution in [0.15, 0.2) is 0 Å². The average molecular weight is 199 g/mol. The van der Waals surface area contributed by atoms with Crippen molar-refractivity contribution in [1.82, 2.24) is 0 Å². The molecular weight excluding hydrogens is 199 g/mol. The van der Waals surface area contributed by atoms with Crippen LogP contribution in [-0.2, 0) is 40.8 Å². The Morgan fingerprint density at radius 1 is 0.800 bits per heavy atom. The maximum atomic E-state index is 4.22. The molecule has 0 spiro atoms. The van der Waals surface area contributed by atoms with Gasteiger partial charge in [-0.15, -0.1) is 0 Å². The van der Waals surface area contributed by atoms with Gasteiger partial charge in [-0.1, -0.05) is 0 Å². The Bertz CT molecular complexity index is 7.61. The Labute approximate surface area is 61.9 Å². The summed E-state index contributed by atoms with van der Waals surface area (Å²) < 4.78 is 0. The minimum atomic E-state index is 0. The molecule has 0 aliphatic rings. The largest absolute Gasteiger partial charge is 2.00 e. The van der Waals surface area contributed by atoms with Gasteiger partial charge in [-0.2, -0.15) is 0 Å². The van der Waals surface area contributed by atoms with Crippen molar-refractivity contribution in [3.8, 4) is 0 Å². The van der Waals surface area contributed by atoms with E-state index in [2.05, 4.69) is 45.0 Å². The molecule has 0 unspecified atom stereocenters. The van der Waals surface area contributed by atoms with Crippen LogP contribution in [0.4, 0.5) is 0 Å². The van der Waals surface area contributed by atoms with E-state index in [1.165, 1.54) is 0 Å². The molecule has 1 radical (unpaired) electrons. The summed E-state index contributed by atoms with van der Waals surface area (Å²) in [5.41, 5.74) is 0. The normalized spacial score (nSPS) is 2.40. The van der Waals surface area contributed by atoms with Crippen molar-refractivity contribution in [3.63, 3.8) is 0 Å². The fraction of sp³-hybridized carbons (Fsp3) is 0. The van der Waals surface area contributed by atoms with Gasteiger partial charge in [-0.25, -0.2) is 0 Å². The molecule has 5 heteroatoms. The van der Waals surface area contributed by atoms with Gasteiger partial charge in [0.15, 0.2) is 0 Å². The Hall–Kier alpha value is 1.80. The van der Waals surface area contributed by atoms with E-state index in [1.54, 1.807) is 0 Å². The zero-order chi connectivity index (χ0) is 4.00. The molecule has 0 amide bonds. The van der Waals surface area contributed by atoms with Crippen LogP contribution in [0.1, 0.15) is 0 Å². The first-order valence-electron chi connectivity index (χ1n) is 0.309. The molecule has 0 aromatic carbocycles. The first-order valence-corrected chi connectivity index (χ1v) is 2.78. The molecule has 0 saturated carbocycles. The SMILES string of the molecule is [Cu+2].[S-]Cl.[S-]Cl. The topological polar surface area (TPSA) is 0 Å². The first-order chi connectivity index (χ1) is 2.00. The van der Waals surface area contributed by atoms with Crippen LogP contribution >= 0.6 is 21.4 Å². The minimum absolute atomic E-state index is 0. The van der Waals surface area contributed by atoms with E-state index < -0.39 is 0 Å². The Balaban J connectivity index is -0.0000000133. The first kappa shape index (κ1) is 15.8. The van der Waals surface area contributed by atoms with Crippen molar-refractivity contribution >= 4 is 45.0 Å². The molecule has 5 heavy (non-hydrogen) atoms. The van der Waals surface area contributed by atoms with Crippen molar-refractivity contribution in [2.24, 2.45) is 0 Å². The van der Waals surface area contributed by atoms with Crippen LogP contribution in [0.2, 0.25) is 0 Å². The predicted molar refractivity (Wildman–Crippen MR) is 26.4 cm³/mol. The predicted octanol–water partition coefficient (Wildman–Crippen LogP) is 1.37. The minimum Gasteiger partial charge on any atom is -0.680 e. The van der Waals surface area contributed by atoms with E-state index in [-0.39, 0.29) is 17.1 Å². The number of hydrogen-bond donors (Lipinski definition) is 0. The number of rotatable bonds is 0. The van der Waals surface area contributed by atoms with Crippen molar-refractivity contribution < 1.29 is 17.1 Å². The monoisotopic (exact) mass is 197 g/mol. The third kappa shape index (κ3) is 25.9. The molecule has 0 fully saturated rings. The van der Waals surface area contributed by atoms with E-state index >= 15 is 0 Å². The van der Waals surface area contributed by atoms with Gasteiger partial charge in [0, 0.05) is 0 Å². The molecule has 0 bridgehead atoms. The summed E-state index contributed by atoms with van der Waals surface area (Å²) in [6.07, 6.45) is 0. The van der Waals surface area contributed by atoms with Gasteiger partial charge in [-0.05, 0) is 0 Å². The number of halogens is 2. The fourth-order valence-corrected chi connectivity index (χ4v) is 0. The van der Waals surface area contributed by atoms with E-state index in [1.807, 2.05) is 0 Å². The fourth-order valence-electron chi connectivity index (χ4n) is 0.